The Labute approximate surface area is 102 Å². The Morgan fingerprint density at radius 2 is 2.18 bits per heavy atom. The smallest absolute Gasteiger partial charge is 0.260 e. The summed E-state index contributed by atoms with van der Waals surface area (Å²) in [5.74, 6) is 5.24. The number of nitrogens with one attached hydrogen (secondary N) is 2. The van der Waals surface area contributed by atoms with Crippen molar-refractivity contribution < 1.29 is 8.42 Å². The number of hydrazine groups is 1. The molecule has 4 N–H and O–H groups in total. The summed E-state index contributed by atoms with van der Waals surface area (Å²) in [4.78, 5) is 3.83. The largest absolute Gasteiger partial charge is 0.321 e. The zero-order valence-electron chi connectivity index (χ0n) is 9.81. The van der Waals surface area contributed by atoms with Crippen molar-refractivity contribution in [2.75, 3.05) is 12.0 Å². The van der Waals surface area contributed by atoms with Crippen molar-refractivity contribution in [2.24, 2.45) is 5.84 Å². The predicted molar refractivity (Wildman–Crippen MR) is 66.8 cm³/mol. The van der Waals surface area contributed by atoms with Crippen LogP contribution >= 0.6 is 0 Å². The summed E-state index contributed by atoms with van der Waals surface area (Å²) in [6.45, 7) is 2.47. The van der Waals surface area contributed by atoms with E-state index in [1.807, 2.05) is 0 Å². The highest BCUT2D eigenvalue weighted by Gasteiger charge is 2.18. The minimum absolute atomic E-state index is 0.0704. The van der Waals surface area contributed by atoms with Gasteiger partial charge in [-0.15, -0.1) is 0 Å². The van der Waals surface area contributed by atoms with E-state index in [-0.39, 0.29) is 10.7 Å². The molecule has 0 atom stereocenters. The monoisotopic (exact) mass is 258 g/mol. The first kappa shape index (κ1) is 13.9. The van der Waals surface area contributed by atoms with Gasteiger partial charge in [0.15, 0.2) is 5.03 Å². The molecule has 0 radical (unpaired) electrons. The molecule has 0 aromatic carbocycles. The maximum Gasteiger partial charge on any atom is 0.260 e. The molecule has 0 amide bonds. The fraction of sp³-hybridized carbons (Fsp3) is 0.500. The SMILES string of the molecule is CCCCCNS(=O)(=O)c1ncccc1NN. The lowest BCUT2D eigenvalue weighted by atomic mass is 10.3. The first-order valence-electron chi connectivity index (χ1n) is 5.53. The quantitative estimate of drug-likeness (QED) is 0.382. The average Bonchev–Trinajstić information content (AvgIpc) is 2.34. The molecule has 1 heterocycles. The lowest BCUT2D eigenvalue weighted by molar-refractivity contribution is 0.572. The van der Waals surface area contributed by atoms with Crippen LogP contribution in [0.3, 0.4) is 0 Å². The van der Waals surface area contributed by atoms with Crippen molar-refractivity contribution >= 4 is 15.7 Å². The second kappa shape index (κ2) is 6.53. The van der Waals surface area contributed by atoms with Crippen LogP contribution in [0.2, 0.25) is 0 Å². The molecule has 0 aliphatic carbocycles. The average molecular weight is 258 g/mol. The van der Waals surface area contributed by atoms with Gasteiger partial charge in [0.1, 0.15) is 0 Å². The molecule has 0 bridgehead atoms. The topological polar surface area (TPSA) is 97.1 Å². The molecule has 0 spiro atoms. The number of nitrogen functional groups attached to an aromatic ring is 1. The van der Waals surface area contributed by atoms with E-state index < -0.39 is 10.0 Å². The Bertz CT molecular complexity index is 447. The Balaban J connectivity index is 2.75. The maximum atomic E-state index is 11.9. The molecule has 0 saturated carbocycles. The summed E-state index contributed by atoms with van der Waals surface area (Å²) in [5.41, 5.74) is 2.61. The first-order chi connectivity index (χ1) is 8.11. The molecular weight excluding hydrogens is 240 g/mol. The number of anilines is 1. The molecule has 1 aromatic heterocycles. The highest BCUT2D eigenvalue weighted by molar-refractivity contribution is 7.89. The van der Waals surface area contributed by atoms with E-state index in [4.69, 9.17) is 5.84 Å². The number of sulfonamides is 1. The van der Waals surface area contributed by atoms with Crippen LogP contribution in [0, 0.1) is 0 Å². The maximum absolute atomic E-state index is 11.9. The third kappa shape index (κ3) is 3.95. The molecule has 17 heavy (non-hydrogen) atoms. The van der Waals surface area contributed by atoms with Crippen LogP contribution in [-0.4, -0.2) is 19.9 Å². The van der Waals surface area contributed by atoms with Crippen LogP contribution in [0.1, 0.15) is 26.2 Å². The number of nitrogens with zero attached hydrogens (tertiary/aromatic N) is 1. The van der Waals surface area contributed by atoms with Gasteiger partial charge in [-0.3, -0.25) is 5.84 Å². The molecule has 6 nitrogen and oxygen atoms in total. The van der Waals surface area contributed by atoms with E-state index in [1.165, 1.54) is 6.20 Å². The lowest BCUT2D eigenvalue weighted by Crippen LogP contribution is -2.27. The van der Waals surface area contributed by atoms with Gasteiger partial charge in [-0.2, -0.15) is 0 Å². The number of aromatic nitrogens is 1. The number of unbranched alkanes of at least 4 members (excludes halogenated alkanes) is 2. The number of hydrogen-bond donors (Lipinski definition) is 3. The molecule has 7 heteroatoms. The highest BCUT2D eigenvalue weighted by Crippen LogP contribution is 2.16. The van der Waals surface area contributed by atoms with Crippen LogP contribution in [0.25, 0.3) is 0 Å². The van der Waals surface area contributed by atoms with E-state index in [1.54, 1.807) is 12.1 Å². The summed E-state index contributed by atoms with van der Waals surface area (Å²) < 4.78 is 26.3. The summed E-state index contributed by atoms with van der Waals surface area (Å²) in [7, 11) is -3.59. The number of nitrogens with two attached hydrogens (primary N) is 1. The Hall–Kier alpha value is -1.18. The summed E-state index contributed by atoms with van der Waals surface area (Å²) in [6, 6.07) is 3.18. The van der Waals surface area contributed by atoms with Gasteiger partial charge in [0.25, 0.3) is 10.0 Å². The predicted octanol–water partition coefficient (Wildman–Crippen LogP) is 0.836. The number of rotatable bonds is 7. The van der Waals surface area contributed by atoms with E-state index >= 15 is 0 Å². The minimum Gasteiger partial charge on any atom is -0.321 e. The van der Waals surface area contributed by atoms with Crippen LogP contribution in [-0.2, 0) is 10.0 Å². The molecule has 1 aromatic rings. The van der Waals surface area contributed by atoms with Crippen molar-refractivity contribution in [3.8, 4) is 0 Å². The normalized spacial score (nSPS) is 11.4. The van der Waals surface area contributed by atoms with Crippen molar-refractivity contribution in [2.45, 2.75) is 31.2 Å². The summed E-state index contributed by atoms with van der Waals surface area (Å²) in [6.07, 6.45) is 4.27. The van der Waals surface area contributed by atoms with Crippen LogP contribution in [0.4, 0.5) is 5.69 Å². The van der Waals surface area contributed by atoms with Gasteiger partial charge in [-0.1, -0.05) is 19.8 Å². The molecular formula is C10H18N4O2S. The third-order valence-electron chi connectivity index (χ3n) is 2.25. The molecule has 0 fully saturated rings. The summed E-state index contributed by atoms with van der Waals surface area (Å²) >= 11 is 0. The minimum atomic E-state index is -3.59. The number of pyridine rings is 1. The van der Waals surface area contributed by atoms with Gasteiger partial charge in [0.2, 0.25) is 0 Å². The highest BCUT2D eigenvalue weighted by atomic mass is 32.2. The summed E-state index contributed by atoms with van der Waals surface area (Å²) in [5, 5.41) is -0.0704. The molecule has 96 valence electrons. The molecule has 1 rings (SSSR count). The first-order valence-corrected chi connectivity index (χ1v) is 7.01. The van der Waals surface area contributed by atoms with E-state index in [0.29, 0.717) is 6.54 Å². The molecule has 0 saturated heterocycles. The molecule has 0 aliphatic rings. The second-order valence-corrected chi connectivity index (χ2v) is 5.29. The zero-order valence-corrected chi connectivity index (χ0v) is 10.6. The van der Waals surface area contributed by atoms with Crippen LogP contribution < -0.4 is 16.0 Å². The van der Waals surface area contributed by atoms with Gasteiger partial charge in [-0.05, 0) is 18.6 Å². The van der Waals surface area contributed by atoms with Crippen LogP contribution in [0.15, 0.2) is 23.4 Å². The Morgan fingerprint density at radius 1 is 1.41 bits per heavy atom. The van der Waals surface area contributed by atoms with E-state index in [9.17, 15) is 8.42 Å². The molecule has 0 aliphatic heterocycles. The van der Waals surface area contributed by atoms with Crippen molar-refractivity contribution in [1.82, 2.24) is 9.71 Å². The van der Waals surface area contributed by atoms with Gasteiger partial charge < -0.3 is 5.43 Å². The Morgan fingerprint density at radius 3 is 2.82 bits per heavy atom. The standard InChI is InChI=1S/C10H18N4O2S/c1-2-3-4-8-13-17(15,16)10-9(14-11)6-5-7-12-10/h5-7,13-14H,2-4,8,11H2,1H3. The van der Waals surface area contributed by atoms with Crippen molar-refractivity contribution in [1.29, 1.82) is 0 Å². The van der Waals surface area contributed by atoms with Crippen molar-refractivity contribution in [3.63, 3.8) is 0 Å². The fourth-order valence-corrected chi connectivity index (χ4v) is 2.53. The number of hydrogen-bond acceptors (Lipinski definition) is 5. The Kier molecular flexibility index (Phi) is 5.33. The van der Waals surface area contributed by atoms with Gasteiger partial charge in [-0.25, -0.2) is 18.1 Å². The van der Waals surface area contributed by atoms with E-state index in [0.717, 1.165) is 19.3 Å². The third-order valence-corrected chi connectivity index (χ3v) is 3.67. The second-order valence-electron chi connectivity index (χ2n) is 3.61. The van der Waals surface area contributed by atoms with E-state index in [2.05, 4.69) is 22.1 Å². The lowest BCUT2D eigenvalue weighted by Gasteiger charge is -2.09. The van der Waals surface area contributed by atoms with Gasteiger partial charge >= 0.3 is 0 Å². The van der Waals surface area contributed by atoms with Crippen molar-refractivity contribution in [3.05, 3.63) is 18.3 Å². The fourth-order valence-electron chi connectivity index (χ4n) is 1.36. The van der Waals surface area contributed by atoms with Crippen LogP contribution in [0.5, 0.6) is 0 Å². The molecule has 0 unspecified atom stereocenters. The van der Waals surface area contributed by atoms with Gasteiger partial charge in [0, 0.05) is 12.7 Å². The zero-order chi connectivity index (χ0) is 12.7. The van der Waals surface area contributed by atoms with Gasteiger partial charge in [0.05, 0.1) is 5.69 Å².